The zero-order valence-corrected chi connectivity index (χ0v) is 15.4. The van der Waals surface area contributed by atoms with E-state index < -0.39 is 0 Å². The summed E-state index contributed by atoms with van der Waals surface area (Å²) in [6.07, 6.45) is 1.90. The predicted octanol–water partition coefficient (Wildman–Crippen LogP) is 3.93. The highest BCUT2D eigenvalue weighted by atomic mass is 79.9. The molecule has 1 atom stereocenters. The van der Waals surface area contributed by atoms with Gasteiger partial charge < -0.3 is 15.5 Å². The SMILES string of the molecule is Cc1cc(NC(=O)c2ccc3c(c2)NC(=O)[C@H]2CCCN32)ccc1Br. The minimum absolute atomic E-state index is 0.0195. The molecular weight excluding hydrogens is 382 g/mol. The molecule has 2 heterocycles. The number of anilines is 3. The van der Waals surface area contributed by atoms with Gasteiger partial charge >= 0.3 is 0 Å². The third kappa shape index (κ3) is 2.91. The van der Waals surface area contributed by atoms with Crippen molar-refractivity contribution in [3.63, 3.8) is 0 Å². The van der Waals surface area contributed by atoms with Gasteiger partial charge in [-0.05, 0) is 61.7 Å². The molecule has 128 valence electrons. The zero-order valence-electron chi connectivity index (χ0n) is 13.8. The molecule has 0 unspecified atom stereocenters. The van der Waals surface area contributed by atoms with Gasteiger partial charge in [-0.25, -0.2) is 0 Å². The Hall–Kier alpha value is -2.34. The van der Waals surface area contributed by atoms with Crippen molar-refractivity contribution in [2.75, 3.05) is 22.1 Å². The van der Waals surface area contributed by atoms with Gasteiger partial charge in [-0.3, -0.25) is 9.59 Å². The van der Waals surface area contributed by atoms with E-state index in [1.54, 1.807) is 6.07 Å². The Labute approximate surface area is 154 Å². The van der Waals surface area contributed by atoms with Crippen molar-refractivity contribution < 1.29 is 9.59 Å². The van der Waals surface area contributed by atoms with Crippen LogP contribution in [0.1, 0.15) is 28.8 Å². The van der Waals surface area contributed by atoms with Gasteiger partial charge in [0.2, 0.25) is 5.91 Å². The molecule has 0 saturated carbocycles. The number of rotatable bonds is 2. The van der Waals surface area contributed by atoms with Crippen LogP contribution in [0.3, 0.4) is 0 Å². The molecule has 25 heavy (non-hydrogen) atoms. The Morgan fingerprint density at radius 2 is 2.12 bits per heavy atom. The topological polar surface area (TPSA) is 61.4 Å². The molecule has 1 fully saturated rings. The Kier molecular flexibility index (Phi) is 4.00. The van der Waals surface area contributed by atoms with E-state index in [0.717, 1.165) is 40.8 Å². The quantitative estimate of drug-likeness (QED) is 0.803. The average molecular weight is 400 g/mol. The van der Waals surface area contributed by atoms with Gasteiger partial charge in [-0.1, -0.05) is 15.9 Å². The van der Waals surface area contributed by atoms with Crippen LogP contribution in [0.15, 0.2) is 40.9 Å². The first-order chi connectivity index (χ1) is 12.0. The Balaban J connectivity index is 1.59. The molecule has 6 heteroatoms. The largest absolute Gasteiger partial charge is 0.358 e. The summed E-state index contributed by atoms with van der Waals surface area (Å²) in [5, 5.41) is 5.84. The maximum atomic E-state index is 12.6. The second kappa shape index (κ2) is 6.19. The van der Waals surface area contributed by atoms with E-state index in [0.29, 0.717) is 11.3 Å². The number of halogens is 1. The van der Waals surface area contributed by atoms with E-state index in [4.69, 9.17) is 0 Å². The number of aryl methyl sites for hydroxylation is 1. The summed E-state index contributed by atoms with van der Waals surface area (Å²) in [6.45, 7) is 2.86. The number of nitrogens with zero attached hydrogens (tertiary/aromatic N) is 1. The maximum absolute atomic E-state index is 12.6. The smallest absolute Gasteiger partial charge is 0.255 e. The number of amides is 2. The van der Waals surface area contributed by atoms with Crippen LogP contribution in [0.5, 0.6) is 0 Å². The first kappa shape index (κ1) is 16.1. The molecule has 2 aromatic rings. The van der Waals surface area contributed by atoms with Crippen molar-refractivity contribution >= 4 is 44.8 Å². The van der Waals surface area contributed by atoms with Crippen molar-refractivity contribution in [3.05, 3.63) is 52.0 Å². The average Bonchev–Trinajstić information content (AvgIpc) is 3.08. The summed E-state index contributed by atoms with van der Waals surface area (Å²) in [6, 6.07) is 11.1. The normalized spacial score (nSPS) is 18.4. The minimum atomic E-state index is -0.192. The number of nitrogens with one attached hydrogen (secondary N) is 2. The van der Waals surface area contributed by atoms with Crippen molar-refractivity contribution in [2.45, 2.75) is 25.8 Å². The molecule has 0 radical (unpaired) electrons. The van der Waals surface area contributed by atoms with E-state index in [-0.39, 0.29) is 17.9 Å². The molecule has 2 amide bonds. The lowest BCUT2D eigenvalue weighted by Gasteiger charge is -2.33. The van der Waals surface area contributed by atoms with Gasteiger partial charge in [-0.2, -0.15) is 0 Å². The van der Waals surface area contributed by atoms with E-state index in [2.05, 4.69) is 31.5 Å². The van der Waals surface area contributed by atoms with Crippen LogP contribution < -0.4 is 15.5 Å². The summed E-state index contributed by atoms with van der Waals surface area (Å²) < 4.78 is 1.00. The Bertz CT molecular complexity index is 881. The lowest BCUT2D eigenvalue weighted by molar-refractivity contribution is -0.117. The first-order valence-electron chi connectivity index (χ1n) is 8.32. The van der Waals surface area contributed by atoms with Crippen molar-refractivity contribution in [1.29, 1.82) is 0 Å². The van der Waals surface area contributed by atoms with Crippen LogP contribution in [-0.2, 0) is 4.79 Å². The van der Waals surface area contributed by atoms with Crippen LogP contribution in [-0.4, -0.2) is 24.4 Å². The first-order valence-corrected chi connectivity index (χ1v) is 9.11. The molecule has 0 aromatic heterocycles. The number of carbonyl (C=O) groups excluding carboxylic acids is 2. The zero-order chi connectivity index (χ0) is 17.6. The predicted molar refractivity (Wildman–Crippen MR) is 102 cm³/mol. The summed E-state index contributed by atoms with van der Waals surface area (Å²) in [4.78, 5) is 26.9. The number of carbonyl (C=O) groups is 2. The van der Waals surface area contributed by atoms with Gasteiger partial charge in [-0.15, -0.1) is 0 Å². The molecular formula is C19H18BrN3O2. The Morgan fingerprint density at radius 1 is 1.28 bits per heavy atom. The van der Waals surface area contributed by atoms with E-state index in [1.807, 2.05) is 37.3 Å². The Morgan fingerprint density at radius 3 is 2.92 bits per heavy atom. The van der Waals surface area contributed by atoms with E-state index in [9.17, 15) is 9.59 Å². The third-order valence-corrected chi connectivity index (χ3v) is 5.69. The third-order valence-electron chi connectivity index (χ3n) is 4.80. The van der Waals surface area contributed by atoms with Gasteiger partial charge in [0.25, 0.3) is 5.91 Å². The molecule has 2 aliphatic rings. The molecule has 1 saturated heterocycles. The maximum Gasteiger partial charge on any atom is 0.255 e. The van der Waals surface area contributed by atoms with E-state index in [1.165, 1.54) is 0 Å². The molecule has 4 rings (SSSR count). The standard InChI is InChI=1S/C19H18BrN3O2/c1-11-9-13(5-6-14(11)20)21-18(24)12-4-7-16-15(10-12)22-19(25)17-3-2-8-23(16)17/h4-7,9-10,17H,2-3,8H2,1H3,(H,21,24)(H,22,25)/t17-/m1/s1. The highest BCUT2D eigenvalue weighted by Gasteiger charge is 2.36. The number of benzene rings is 2. The van der Waals surface area contributed by atoms with Crippen molar-refractivity contribution in [3.8, 4) is 0 Å². The van der Waals surface area contributed by atoms with Crippen LogP contribution in [0.4, 0.5) is 17.1 Å². The summed E-state index contributed by atoms with van der Waals surface area (Å²) in [5.41, 5.74) is 4.03. The number of fused-ring (bicyclic) bond motifs is 3. The van der Waals surface area contributed by atoms with Crippen LogP contribution >= 0.6 is 15.9 Å². The minimum Gasteiger partial charge on any atom is -0.358 e. The number of hydrogen-bond donors (Lipinski definition) is 2. The number of hydrogen-bond acceptors (Lipinski definition) is 3. The fourth-order valence-electron chi connectivity index (χ4n) is 3.50. The fourth-order valence-corrected chi connectivity index (χ4v) is 3.74. The van der Waals surface area contributed by atoms with Gasteiger partial charge in [0, 0.05) is 22.3 Å². The van der Waals surface area contributed by atoms with Crippen molar-refractivity contribution in [2.24, 2.45) is 0 Å². The van der Waals surface area contributed by atoms with Gasteiger partial charge in [0.15, 0.2) is 0 Å². The molecule has 0 aliphatic carbocycles. The molecule has 0 bridgehead atoms. The van der Waals surface area contributed by atoms with E-state index >= 15 is 0 Å². The summed E-state index contributed by atoms with van der Waals surface area (Å²) in [7, 11) is 0. The van der Waals surface area contributed by atoms with Gasteiger partial charge in [0.05, 0.1) is 11.4 Å². The molecule has 2 N–H and O–H groups in total. The monoisotopic (exact) mass is 399 g/mol. The lowest BCUT2D eigenvalue weighted by Crippen LogP contribution is -2.43. The molecule has 5 nitrogen and oxygen atoms in total. The van der Waals surface area contributed by atoms with Gasteiger partial charge in [0.1, 0.15) is 6.04 Å². The second-order valence-corrected chi connectivity index (χ2v) is 7.35. The molecule has 2 aliphatic heterocycles. The van der Waals surface area contributed by atoms with Crippen molar-refractivity contribution in [1.82, 2.24) is 0 Å². The molecule has 2 aromatic carbocycles. The lowest BCUT2D eigenvalue weighted by atomic mass is 10.1. The fraction of sp³-hybridized carbons (Fsp3) is 0.263. The van der Waals surface area contributed by atoms with Crippen LogP contribution in [0.2, 0.25) is 0 Å². The highest BCUT2D eigenvalue weighted by molar-refractivity contribution is 9.10. The highest BCUT2D eigenvalue weighted by Crippen LogP contribution is 2.37. The summed E-state index contributed by atoms with van der Waals surface area (Å²) in [5.74, 6) is -0.173. The van der Waals surface area contributed by atoms with Crippen LogP contribution in [0, 0.1) is 6.92 Å². The van der Waals surface area contributed by atoms with Crippen LogP contribution in [0.25, 0.3) is 0 Å². The summed E-state index contributed by atoms with van der Waals surface area (Å²) >= 11 is 3.45. The second-order valence-electron chi connectivity index (χ2n) is 6.49. The molecule has 0 spiro atoms.